The molecule has 2 heteroatoms. The van der Waals surface area contributed by atoms with Crippen LogP contribution in [0.3, 0.4) is 0 Å². The molecule has 0 aliphatic heterocycles. The average Bonchev–Trinajstić information content (AvgIpc) is 3.01. The largest absolute Gasteiger partial charge is 0.385 e. The van der Waals surface area contributed by atoms with Gasteiger partial charge in [-0.05, 0) is 72.3 Å². The van der Waals surface area contributed by atoms with E-state index in [2.05, 4.69) is 46.4 Å². The molecule has 0 saturated heterocycles. The topological polar surface area (TPSA) is 37.3 Å². The van der Waals surface area contributed by atoms with E-state index in [0.29, 0.717) is 24.2 Å². The number of ketones is 1. The van der Waals surface area contributed by atoms with Crippen LogP contribution in [-0.4, -0.2) is 17.0 Å². The lowest BCUT2D eigenvalue weighted by Crippen LogP contribution is -2.36. The Bertz CT molecular complexity index is 683. The van der Waals surface area contributed by atoms with E-state index < -0.39 is 6.10 Å². The molecule has 3 fully saturated rings. The van der Waals surface area contributed by atoms with E-state index in [1.807, 2.05) is 0 Å². The lowest BCUT2D eigenvalue weighted by molar-refractivity contribution is -0.127. The first-order valence-electron chi connectivity index (χ1n) is 12.0. The van der Waals surface area contributed by atoms with Crippen molar-refractivity contribution in [3.8, 4) is 0 Å². The summed E-state index contributed by atoms with van der Waals surface area (Å²) in [6, 6.07) is 0. The first-order chi connectivity index (χ1) is 13.7. The molecule has 0 spiro atoms. The molecule has 3 aliphatic rings. The van der Waals surface area contributed by atoms with Gasteiger partial charge in [-0.25, -0.2) is 0 Å². The highest BCUT2D eigenvalue weighted by molar-refractivity contribution is 5.88. The summed E-state index contributed by atoms with van der Waals surface area (Å²) < 4.78 is 0. The summed E-state index contributed by atoms with van der Waals surface area (Å²) in [4.78, 5) is 11.9. The molecule has 0 aromatic rings. The van der Waals surface area contributed by atoms with Crippen LogP contribution in [0.15, 0.2) is 35.5 Å². The number of carbonyl (C=O) groups is 1. The van der Waals surface area contributed by atoms with Crippen LogP contribution in [0, 0.1) is 29.1 Å². The Kier molecular flexibility index (Phi) is 7.25. The summed E-state index contributed by atoms with van der Waals surface area (Å²) in [6.07, 6.45) is 15.0. The number of Topliss-reactive ketones (excluding diaryl/α,β-unsaturated/α-hetero) is 1. The van der Waals surface area contributed by atoms with Crippen molar-refractivity contribution in [2.75, 3.05) is 0 Å². The maximum absolute atomic E-state index is 11.9. The molecule has 2 nitrogen and oxygen atoms in total. The van der Waals surface area contributed by atoms with Crippen LogP contribution in [0.25, 0.3) is 0 Å². The van der Waals surface area contributed by atoms with Gasteiger partial charge in [0.1, 0.15) is 6.10 Å². The second-order valence-corrected chi connectivity index (χ2v) is 10.8. The number of hydrogen-bond acceptors (Lipinski definition) is 2. The molecule has 5 atom stereocenters. The quantitative estimate of drug-likeness (QED) is 0.534. The van der Waals surface area contributed by atoms with Crippen molar-refractivity contribution in [1.82, 2.24) is 0 Å². The SMILES string of the molecule is C=C1CC(O)C(=O)CC1=CC=C1CCC[C@@]2(C)C1CC[C@@H]2[C@H](C)CCCC(C)C. The van der Waals surface area contributed by atoms with Crippen LogP contribution in [0.2, 0.25) is 0 Å². The zero-order valence-corrected chi connectivity index (χ0v) is 19.2. The molecule has 3 aliphatic carbocycles. The summed E-state index contributed by atoms with van der Waals surface area (Å²) >= 11 is 0. The molecule has 0 aromatic carbocycles. The monoisotopic (exact) mass is 398 g/mol. The third-order valence-corrected chi connectivity index (χ3v) is 8.29. The van der Waals surface area contributed by atoms with E-state index in [1.54, 1.807) is 5.57 Å². The van der Waals surface area contributed by atoms with Gasteiger partial charge in [0.15, 0.2) is 5.78 Å². The maximum atomic E-state index is 11.9. The fourth-order valence-corrected chi connectivity index (χ4v) is 6.56. The van der Waals surface area contributed by atoms with Crippen LogP contribution in [-0.2, 0) is 4.79 Å². The van der Waals surface area contributed by atoms with Crippen molar-refractivity contribution in [2.45, 2.75) is 98.0 Å². The molecule has 0 aromatic heterocycles. The zero-order chi connectivity index (χ0) is 21.2. The molecule has 0 bridgehead atoms. The zero-order valence-electron chi connectivity index (χ0n) is 19.2. The summed E-state index contributed by atoms with van der Waals surface area (Å²) in [5, 5.41) is 9.76. The molecule has 0 heterocycles. The number of carbonyl (C=O) groups excluding carboxylic acids is 1. The predicted octanol–water partition coefficient (Wildman–Crippen LogP) is 6.80. The second kappa shape index (κ2) is 9.33. The standard InChI is InChI=1S/C27H42O2/c1-18(2)8-6-9-19(3)23-13-14-24-21(10-7-15-27(23,24)5)11-12-22-17-26(29)25(28)16-20(22)4/h11-12,18-19,23-25,28H,4,6-10,13-17H2,1-3,5H3/t19-,23-,24?,25?,27-/m1/s1. The Morgan fingerprint density at radius 1 is 1.21 bits per heavy atom. The van der Waals surface area contributed by atoms with Crippen molar-refractivity contribution in [3.63, 3.8) is 0 Å². The van der Waals surface area contributed by atoms with Crippen LogP contribution in [0.5, 0.6) is 0 Å². The molecule has 162 valence electrons. The van der Waals surface area contributed by atoms with Gasteiger partial charge in [-0.2, -0.15) is 0 Å². The van der Waals surface area contributed by atoms with Gasteiger partial charge in [0.2, 0.25) is 0 Å². The number of rotatable bonds is 6. The fourth-order valence-electron chi connectivity index (χ4n) is 6.56. The van der Waals surface area contributed by atoms with Gasteiger partial charge in [-0.1, -0.05) is 71.3 Å². The van der Waals surface area contributed by atoms with Crippen LogP contribution < -0.4 is 0 Å². The molecule has 3 rings (SSSR count). The van der Waals surface area contributed by atoms with Crippen molar-refractivity contribution in [2.24, 2.45) is 29.1 Å². The van der Waals surface area contributed by atoms with Crippen molar-refractivity contribution < 1.29 is 9.90 Å². The third kappa shape index (κ3) is 4.95. The number of aliphatic hydroxyl groups is 1. The number of hydrogen-bond donors (Lipinski definition) is 1. The Morgan fingerprint density at radius 3 is 2.69 bits per heavy atom. The lowest BCUT2D eigenvalue weighted by atomic mass is 9.60. The van der Waals surface area contributed by atoms with Gasteiger partial charge < -0.3 is 5.11 Å². The lowest BCUT2D eigenvalue weighted by Gasteiger charge is -2.44. The van der Waals surface area contributed by atoms with Gasteiger partial charge in [-0.15, -0.1) is 0 Å². The van der Waals surface area contributed by atoms with Gasteiger partial charge in [0.25, 0.3) is 0 Å². The second-order valence-electron chi connectivity index (χ2n) is 10.8. The van der Waals surface area contributed by atoms with Crippen molar-refractivity contribution >= 4 is 5.78 Å². The van der Waals surface area contributed by atoms with Gasteiger partial charge in [0.05, 0.1) is 0 Å². The molecule has 1 N–H and O–H groups in total. The van der Waals surface area contributed by atoms with Gasteiger partial charge in [-0.3, -0.25) is 4.79 Å². The minimum Gasteiger partial charge on any atom is -0.385 e. The first-order valence-corrected chi connectivity index (χ1v) is 12.0. The van der Waals surface area contributed by atoms with E-state index in [-0.39, 0.29) is 5.78 Å². The highest BCUT2D eigenvalue weighted by Gasteiger charge is 2.50. The van der Waals surface area contributed by atoms with Crippen LogP contribution >= 0.6 is 0 Å². The molecule has 29 heavy (non-hydrogen) atoms. The van der Waals surface area contributed by atoms with Gasteiger partial charge >= 0.3 is 0 Å². The Hall–Kier alpha value is -1.15. The Morgan fingerprint density at radius 2 is 1.97 bits per heavy atom. The highest BCUT2D eigenvalue weighted by atomic mass is 16.3. The first kappa shape index (κ1) is 22.5. The molecular weight excluding hydrogens is 356 g/mol. The normalized spacial score (nSPS) is 36.8. The highest BCUT2D eigenvalue weighted by Crippen LogP contribution is 2.59. The predicted molar refractivity (Wildman–Crippen MR) is 122 cm³/mol. The molecule has 3 saturated carbocycles. The Balaban J connectivity index is 1.71. The molecule has 2 unspecified atom stereocenters. The average molecular weight is 399 g/mol. The van der Waals surface area contributed by atoms with Crippen molar-refractivity contribution in [1.29, 1.82) is 0 Å². The van der Waals surface area contributed by atoms with Gasteiger partial charge in [0, 0.05) is 12.8 Å². The van der Waals surface area contributed by atoms with E-state index in [4.69, 9.17) is 0 Å². The number of fused-ring (bicyclic) bond motifs is 1. The van der Waals surface area contributed by atoms with E-state index in [9.17, 15) is 9.90 Å². The Labute approximate surface area is 178 Å². The number of allylic oxidation sites excluding steroid dienone is 4. The fraction of sp³-hybridized carbons (Fsp3) is 0.741. The molecular formula is C27H42O2. The van der Waals surface area contributed by atoms with E-state index in [0.717, 1.165) is 28.9 Å². The third-order valence-electron chi connectivity index (χ3n) is 8.29. The molecule has 0 radical (unpaired) electrons. The summed E-state index contributed by atoms with van der Waals surface area (Å²) in [5.74, 6) is 3.11. The summed E-state index contributed by atoms with van der Waals surface area (Å²) in [6.45, 7) is 13.8. The minimum absolute atomic E-state index is 0.0633. The van der Waals surface area contributed by atoms with E-state index in [1.165, 1.54) is 51.4 Å². The number of aliphatic hydroxyl groups excluding tert-OH is 1. The molecule has 0 amide bonds. The summed E-state index contributed by atoms with van der Waals surface area (Å²) in [7, 11) is 0. The van der Waals surface area contributed by atoms with E-state index >= 15 is 0 Å². The maximum Gasteiger partial charge on any atom is 0.165 e. The smallest absolute Gasteiger partial charge is 0.165 e. The van der Waals surface area contributed by atoms with Crippen LogP contribution in [0.1, 0.15) is 91.9 Å². The summed E-state index contributed by atoms with van der Waals surface area (Å²) in [5.41, 5.74) is 3.98. The van der Waals surface area contributed by atoms with Crippen LogP contribution in [0.4, 0.5) is 0 Å². The minimum atomic E-state index is -0.849. The van der Waals surface area contributed by atoms with Crippen molar-refractivity contribution in [3.05, 3.63) is 35.5 Å².